The Bertz CT molecular complexity index is 1180. The third-order valence-electron chi connectivity index (χ3n) is 5.98. The number of ether oxygens (including phenoxy) is 4. The second-order valence-electron chi connectivity index (χ2n) is 9.87. The van der Waals surface area contributed by atoms with Crippen molar-refractivity contribution in [1.29, 1.82) is 0 Å². The van der Waals surface area contributed by atoms with E-state index in [-0.39, 0.29) is 36.8 Å². The molecule has 0 saturated carbocycles. The second-order valence-corrected chi connectivity index (χ2v) is 9.87. The number of amides is 2. The van der Waals surface area contributed by atoms with Gasteiger partial charge >= 0.3 is 5.97 Å². The molecule has 1 aliphatic carbocycles. The topological polar surface area (TPSA) is 112 Å². The molecular weight excluding hydrogens is 476 g/mol. The van der Waals surface area contributed by atoms with Crippen molar-refractivity contribution in [2.45, 2.75) is 58.6 Å². The zero-order valence-corrected chi connectivity index (χ0v) is 22.6. The predicted octanol–water partition coefficient (Wildman–Crippen LogP) is 3.96. The summed E-state index contributed by atoms with van der Waals surface area (Å²) in [5.41, 5.74) is 3.27. The Hall–Kier alpha value is -3.75. The van der Waals surface area contributed by atoms with Crippen molar-refractivity contribution < 1.29 is 33.3 Å². The van der Waals surface area contributed by atoms with E-state index in [1.165, 1.54) is 6.92 Å². The number of carbonyl (C=O) groups excluding carboxylic acids is 3. The van der Waals surface area contributed by atoms with Gasteiger partial charge in [0.05, 0.1) is 33.8 Å². The molecule has 1 aliphatic rings. The van der Waals surface area contributed by atoms with Gasteiger partial charge in [-0.3, -0.25) is 14.4 Å². The zero-order chi connectivity index (χ0) is 27.3. The van der Waals surface area contributed by atoms with Gasteiger partial charge in [0, 0.05) is 24.6 Å². The quantitative estimate of drug-likeness (QED) is 0.515. The monoisotopic (exact) mass is 512 g/mol. The maximum atomic E-state index is 13.0. The highest BCUT2D eigenvalue weighted by Gasteiger charge is 2.30. The minimum absolute atomic E-state index is 0.0642. The lowest BCUT2D eigenvalue weighted by molar-refractivity contribution is -0.154. The molecule has 0 aliphatic heterocycles. The molecule has 0 saturated heterocycles. The lowest BCUT2D eigenvalue weighted by Gasteiger charge is -2.21. The molecule has 2 aromatic rings. The van der Waals surface area contributed by atoms with E-state index in [9.17, 15) is 14.4 Å². The molecule has 0 aromatic heterocycles. The number of hydrogen-bond donors (Lipinski definition) is 2. The first-order valence-electron chi connectivity index (χ1n) is 12.2. The summed E-state index contributed by atoms with van der Waals surface area (Å²) in [5.74, 6) is 0.674. The van der Waals surface area contributed by atoms with E-state index in [1.54, 1.807) is 54.2 Å². The van der Waals surface area contributed by atoms with Gasteiger partial charge in [-0.1, -0.05) is 6.07 Å². The molecule has 0 spiro atoms. The highest BCUT2D eigenvalue weighted by molar-refractivity contribution is 5.96. The molecule has 0 radical (unpaired) electrons. The van der Waals surface area contributed by atoms with Crippen molar-refractivity contribution in [3.05, 3.63) is 41.0 Å². The van der Waals surface area contributed by atoms with Crippen LogP contribution in [-0.4, -0.2) is 51.3 Å². The average molecular weight is 513 g/mol. The molecule has 0 unspecified atom stereocenters. The third-order valence-corrected chi connectivity index (χ3v) is 5.98. The largest absolute Gasteiger partial charge is 0.493 e. The number of carbonyl (C=O) groups is 3. The van der Waals surface area contributed by atoms with E-state index in [4.69, 9.17) is 18.9 Å². The van der Waals surface area contributed by atoms with Crippen molar-refractivity contribution in [3.8, 4) is 28.4 Å². The first-order valence-corrected chi connectivity index (χ1v) is 12.2. The summed E-state index contributed by atoms with van der Waals surface area (Å²) in [6.07, 6.45) is 1.32. The fraction of sp³-hybridized carbons (Fsp3) is 0.464. The van der Waals surface area contributed by atoms with E-state index in [2.05, 4.69) is 10.6 Å². The van der Waals surface area contributed by atoms with E-state index in [1.807, 2.05) is 12.1 Å². The van der Waals surface area contributed by atoms with Crippen LogP contribution in [0.4, 0.5) is 0 Å². The maximum absolute atomic E-state index is 13.0. The van der Waals surface area contributed by atoms with Crippen molar-refractivity contribution in [1.82, 2.24) is 10.6 Å². The standard InChI is InChI=1S/C28H36N2O7/c1-16(31)30-21-11-9-17-15-22(34-5)25(35-6)26(36-7)24(17)19-10-8-18(14-20(19)21)27(33)29-13-12-23(32)37-28(2,3)4/h8,10,14-15,21H,9,11-13H2,1-7H3,(H,29,33)(H,30,31)/t21-/m0/s1. The lowest BCUT2D eigenvalue weighted by atomic mass is 9.92. The van der Waals surface area contributed by atoms with Crippen LogP contribution >= 0.6 is 0 Å². The Morgan fingerprint density at radius 3 is 2.30 bits per heavy atom. The molecule has 0 fully saturated rings. The SMILES string of the molecule is COc1cc2c(c(OC)c1OC)-c1ccc(C(=O)NCCC(=O)OC(C)(C)C)cc1[C@@H](NC(C)=O)CC2. The van der Waals surface area contributed by atoms with Crippen LogP contribution in [0.25, 0.3) is 11.1 Å². The fourth-order valence-corrected chi connectivity index (χ4v) is 4.54. The molecule has 3 rings (SSSR count). The summed E-state index contributed by atoms with van der Waals surface area (Å²) in [4.78, 5) is 37.0. The summed E-state index contributed by atoms with van der Waals surface area (Å²) in [6.45, 7) is 7.00. The Balaban J connectivity index is 1.99. The van der Waals surface area contributed by atoms with Crippen molar-refractivity contribution in [2.75, 3.05) is 27.9 Å². The Kier molecular flexibility index (Phi) is 8.68. The van der Waals surface area contributed by atoms with E-state index in [0.29, 0.717) is 35.7 Å². The number of fused-ring (bicyclic) bond motifs is 3. The van der Waals surface area contributed by atoms with Gasteiger partial charge in [-0.15, -0.1) is 0 Å². The molecule has 2 N–H and O–H groups in total. The molecule has 9 nitrogen and oxygen atoms in total. The number of esters is 1. The van der Waals surface area contributed by atoms with Gasteiger partial charge in [-0.25, -0.2) is 0 Å². The normalized spacial score (nSPS) is 14.4. The van der Waals surface area contributed by atoms with E-state index < -0.39 is 5.60 Å². The Morgan fingerprint density at radius 2 is 1.70 bits per heavy atom. The summed E-state index contributed by atoms with van der Waals surface area (Å²) in [5, 5.41) is 5.80. The first-order chi connectivity index (χ1) is 17.5. The summed E-state index contributed by atoms with van der Waals surface area (Å²) < 4.78 is 22.2. The van der Waals surface area contributed by atoms with Crippen LogP contribution in [0.2, 0.25) is 0 Å². The molecule has 2 aromatic carbocycles. The van der Waals surface area contributed by atoms with Crippen molar-refractivity contribution in [3.63, 3.8) is 0 Å². The van der Waals surface area contributed by atoms with Gasteiger partial charge in [0.2, 0.25) is 11.7 Å². The highest BCUT2D eigenvalue weighted by Crippen LogP contribution is 2.50. The molecule has 2 amide bonds. The fourth-order valence-electron chi connectivity index (χ4n) is 4.54. The number of hydrogen-bond acceptors (Lipinski definition) is 7. The van der Waals surface area contributed by atoms with Crippen molar-refractivity contribution in [2.24, 2.45) is 0 Å². The average Bonchev–Trinajstić information content (AvgIpc) is 2.97. The lowest BCUT2D eigenvalue weighted by Crippen LogP contribution is -2.30. The van der Waals surface area contributed by atoms with Crippen LogP contribution in [0.1, 0.15) is 68.1 Å². The van der Waals surface area contributed by atoms with Gasteiger partial charge in [0.1, 0.15) is 5.60 Å². The van der Waals surface area contributed by atoms with Crippen molar-refractivity contribution >= 4 is 17.8 Å². The van der Waals surface area contributed by atoms with Crippen LogP contribution < -0.4 is 24.8 Å². The van der Waals surface area contributed by atoms with Gasteiger partial charge in [-0.05, 0) is 68.5 Å². The van der Waals surface area contributed by atoms with E-state index >= 15 is 0 Å². The smallest absolute Gasteiger partial charge is 0.308 e. The second kappa shape index (κ2) is 11.5. The van der Waals surface area contributed by atoms with Crippen LogP contribution in [0.15, 0.2) is 24.3 Å². The summed E-state index contributed by atoms with van der Waals surface area (Å²) >= 11 is 0. The molecule has 9 heteroatoms. The molecular formula is C28H36N2O7. The van der Waals surface area contributed by atoms with Crippen LogP contribution in [0, 0.1) is 0 Å². The predicted molar refractivity (Wildman–Crippen MR) is 139 cm³/mol. The molecule has 200 valence electrons. The zero-order valence-electron chi connectivity index (χ0n) is 22.6. The Labute approximate surface area is 217 Å². The number of benzene rings is 2. The maximum Gasteiger partial charge on any atom is 0.308 e. The molecule has 37 heavy (non-hydrogen) atoms. The molecule has 1 atom stereocenters. The third kappa shape index (κ3) is 6.53. The minimum atomic E-state index is -0.582. The van der Waals surface area contributed by atoms with Gasteiger partial charge in [0.25, 0.3) is 5.91 Å². The van der Waals surface area contributed by atoms with Crippen LogP contribution in [0.5, 0.6) is 17.2 Å². The summed E-state index contributed by atoms with van der Waals surface area (Å²) in [6, 6.07) is 6.96. The number of rotatable bonds is 8. The highest BCUT2D eigenvalue weighted by atomic mass is 16.6. The Morgan fingerprint density at radius 1 is 1.00 bits per heavy atom. The van der Waals surface area contributed by atoms with Gasteiger partial charge < -0.3 is 29.6 Å². The molecule has 0 bridgehead atoms. The molecule has 0 heterocycles. The van der Waals surface area contributed by atoms with Crippen LogP contribution in [0.3, 0.4) is 0 Å². The summed E-state index contributed by atoms with van der Waals surface area (Å²) in [7, 11) is 4.69. The minimum Gasteiger partial charge on any atom is -0.493 e. The first kappa shape index (κ1) is 27.8. The van der Waals surface area contributed by atoms with Gasteiger partial charge in [-0.2, -0.15) is 0 Å². The number of methoxy groups -OCH3 is 3. The van der Waals surface area contributed by atoms with Crippen LogP contribution in [-0.2, 0) is 20.7 Å². The van der Waals surface area contributed by atoms with E-state index in [0.717, 1.165) is 22.3 Å². The number of aryl methyl sites for hydroxylation is 1. The van der Waals surface area contributed by atoms with Gasteiger partial charge in [0.15, 0.2) is 11.5 Å². The number of nitrogens with one attached hydrogen (secondary N) is 2.